The molecule has 2 aliphatic heterocycles. The van der Waals surface area contributed by atoms with E-state index in [1.54, 1.807) is 0 Å². The van der Waals surface area contributed by atoms with Crippen LogP contribution in [0.5, 0.6) is 0 Å². The molecule has 2 fully saturated rings. The van der Waals surface area contributed by atoms with Crippen molar-refractivity contribution in [3.8, 4) is 0 Å². The quantitative estimate of drug-likeness (QED) is 0.349. The summed E-state index contributed by atoms with van der Waals surface area (Å²) >= 11 is 0. The van der Waals surface area contributed by atoms with Crippen LogP contribution in [0.1, 0.15) is 46.5 Å². The van der Waals surface area contributed by atoms with Crippen LogP contribution in [-0.2, 0) is 14.0 Å². The van der Waals surface area contributed by atoms with E-state index in [0.717, 1.165) is 31.4 Å². The molecule has 2 aromatic rings. The lowest BCUT2D eigenvalue weighted by Crippen LogP contribution is -2.66. The number of hydrogen-bond donors (Lipinski definition) is 0. The van der Waals surface area contributed by atoms with Crippen molar-refractivity contribution in [3.05, 3.63) is 72.8 Å². The van der Waals surface area contributed by atoms with Gasteiger partial charge < -0.3 is 9.16 Å². The Hall–Kier alpha value is -2.21. The fraction of sp³-hybridized carbons (Fsp3) is 0.464. The number of carbonyl (C=O) groups is 1. The molecule has 0 amide bonds. The first-order valence-corrected chi connectivity index (χ1v) is 13.9. The van der Waals surface area contributed by atoms with E-state index in [2.05, 4.69) is 92.9 Å². The van der Waals surface area contributed by atoms with E-state index in [1.807, 2.05) is 0 Å². The van der Waals surface area contributed by atoms with E-state index in [1.165, 1.54) is 17.5 Å². The monoisotopic (exact) mass is 463 g/mol. The molecule has 2 aliphatic rings. The van der Waals surface area contributed by atoms with Crippen molar-refractivity contribution in [2.45, 2.75) is 63.1 Å². The third-order valence-electron chi connectivity index (χ3n) is 7.57. The van der Waals surface area contributed by atoms with E-state index in [4.69, 9.17) is 9.16 Å². The number of nitrogens with zero attached hydrogens (tertiary/aromatic N) is 1. The van der Waals surface area contributed by atoms with Crippen molar-refractivity contribution in [1.29, 1.82) is 0 Å². The van der Waals surface area contributed by atoms with E-state index >= 15 is 0 Å². The maximum atomic E-state index is 12.7. The molecule has 0 unspecified atom stereocenters. The zero-order valence-electron chi connectivity index (χ0n) is 20.5. The molecular weight excluding hydrogens is 426 g/mol. The van der Waals surface area contributed by atoms with Gasteiger partial charge in [-0.05, 0) is 41.1 Å². The molecule has 2 saturated heterocycles. The molecule has 0 radical (unpaired) electrons. The lowest BCUT2D eigenvalue weighted by Gasteiger charge is -2.43. The van der Waals surface area contributed by atoms with Gasteiger partial charge in [-0.1, -0.05) is 93.6 Å². The van der Waals surface area contributed by atoms with Gasteiger partial charge in [0, 0.05) is 19.2 Å². The summed E-state index contributed by atoms with van der Waals surface area (Å²) in [6, 6.07) is 21.8. The Morgan fingerprint density at radius 3 is 2.18 bits per heavy atom. The average molecular weight is 464 g/mol. The fourth-order valence-corrected chi connectivity index (χ4v) is 10.7. The highest BCUT2D eigenvalue weighted by atomic mass is 28.4. The summed E-state index contributed by atoms with van der Waals surface area (Å²) in [5.41, 5.74) is 0.603. The number of methoxy groups -OCH3 is 1. The molecule has 5 heteroatoms. The highest BCUT2D eigenvalue weighted by Crippen LogP contribution is 2.46. The van der Waals surface area contributed by atoms with Crippen molar-refractivity contribution >= 4 is 24.7 Å². The Morgan fingerprint density at radius 2 is 1.67 bits per heavy atom. The van der Waals surface area contributed by atoms with E-state index in [9.17, 15) is 4.79 Å². The first-order chi connectivity index (χ1) is 15.7. The van der Waals surface area contributed by atoms with Crippen LogP contribution in [0, 0.1) is 0 Å². The summed E-state index contributed by atoms with van der Waals surface area (Å²) in [4.78, 5) is 15.1. The van der Waals surface area contributed by atoms with Gasteiger partial charge in [0.2, 0.25) is 0 Å². The summed E-state index contributed by atoms with van der Waals surface area (Å²) in [5, 5.41) is 2.56. The average Bonchev–Trinajstić information content (AvgIpc) is 3.32. The van der Waals surface area contributed by atoms with Crippen LogP contribution in [0.15, 0.2) is 72.8 Å². The standard InChI is InChI=1S/C28H37NO3Si/c1-22-20-28(26(30)31-5)18-16-23(29(28)21-22)17-19-32-33(27(2,3)4,24-12-8-6-9-13-24)25-14-10-7-11-15-25/h6-15,23H,1,16-21H2,2-5H3/t23-,28-/m0/s1. The number of carbonyl (C=O) groups excluding carboxylic acids is 1. The summed E-state index contributed by atoms with van der Waals surface area (Å²) in [7, 11) is -1.05. The number of rotatable bonds is 7. The molecular formula is C28H37NO3Si. The summed E-state index contributed by atoms with van der Waals surface area (Å²) in [6.07, 6.45) is 3.44. The molecule has 0 N–H and O–H groups in total. The second-order valence-electron chi connectivity index (χ2n) is 10.6. The number of fused-ring (bicyclic) bond motifs is 1. The highest BCUT2D eigenvalue weighted by Gasteiger charge is 2.56. The molecule has 2 aromatic carbocycles. The van der Waals surface area contributed by atoms with E-state index in [0.29, 0.717) is 19.1 Å². The van der Waals surface area contributed by atoms with Crippen LogP contribution in [-0.4, -0.2) is 51.0 Å². The van der Waals surface area contributed by atoms with E-state index in [-0.39, 0.29) is 11.0 Å². The summed E-state index contributed by atoms with van der Waals surface area (Å²) in [6.45, 7) is 12.6. The summed E-state index contributed by atoms with van der Waals surface area (Å²) < 4.78 is 12.3. The number of benzene rings is 2. The van der Waals surface area contributed by atoms with Crippen molar-refractivity contribution in [3.63, 3.8) is 0 Å². The molecule has 0 aromatic heterocycles. The topological polar surface area (TPSA) is 38.8 Å². The van der Waals surface area contributed by atoms with Crippen LogP contribution in [0.3, 0.4) is 0 Å². The van der Waals surface area contributed by atoms with Gasteiger partial charge in [0.25, 0.3) is 8.32 Å². The maximum absolute atomic E-state index is 12.7. The molecule has 0 spiro atoms. The van der Waals surface area contributed by atoms with Crippen molar-refractivity contribution < 1.29 is 14.0 Å². The Kier molecular flexibility index (Phi) is 6.67. The fourth-order valence-electron chi connectivity index (χ4n) is 6.13. The number of esters is 1. The van der Waals surface area contributed by atoms with Crippen LogP contribution < -0.4 is 10.4 Å². The Labute approximate surface area is 199 Å². The van der Waals surface area contributed by atoms with Gasteiger partial charge in [-0.25, -0.2) is 0 Å². The highest BCUT2D eigenvalue weighted by molar-refractivity contribution is 6.99. The van der Waals surface area contributed by atoms with Crippen molar-refractivity contribution in [1.82, 2.24) is 4.90 Å². The normalized spacial score (nSPS) is 23.5. The molecule has 2 heterocycles. The third kappa shape index (κ3) is 4.11. The molecule has 0 aliphatic carbocycles. The molecule has 4 nitrogen and oxygen atoms in total. The first-order valence-electron chi connectivity index (χ1n) is 12.0. The summed E-state index contributed by atoms with van der Waals surface area (Å²) in [5.74, 6) is -0.114. The van der Waals surface area contributed by atoms with Crippen LogP contribution in [0.25, 0.3) is 0 Å². The molecule has 0 saturated carbocycles. The van der Waals surface area contributed by atoms with Gasteiger partial charge in [0.1, 0.15) is 5.54 Å². The minimum absolute atomic E-state index is 0.0386. The van der Waals surface area contributed by atoms with Crippen LogP contribution >= 0.6 is 0 Å². The predicted molar refractivity (Wildman–Crippen MR) is 136 cm³/mol. The first kappa shape index (κ1) is 23.9. The van der Waals surface area contributed by atoms with Gasteiger partial charge in [-0.15, -0.1) is 0 Å². The zero-order chi connectivity index (χ0) is 23.7. The van der Waals surface area contributed by atoms with Crippen LogP contribution in [0.4, 0.5) is 0 Å². The van der Waals surface area contributed by atoms with Crippen molar-refractivity contribution in [2.75, 3.05) is 20.3 Å². The van der Waals surface area contributed by atoms with Gasteiger partial charge in [-0.3, -0.25) is 9.69 Å². The lowest BCUT2D eigenvalue weighted by atomic mass is 9.93. The largest absolute Gasteiger partial charge is 0.468 e. The molecule has 176 valence electrons. The maximum Gasteiger partial charge on any atom is 0.326 e. The van der Waals surface area contributed by atoms with E-state index < -0.39 is 13.9 Å². The second-order valence-corrected chi connectivity index (χ2v) is 14.9. The van der Waals surface area contributed by atoms with Crippen molar-refractivity contribution in [2.24, 2.45) is 0 Å². The smallest absolute Gasteiger partial charge is 0.326 e. The lowest BCUT2D eigenvalue weighted by molar-refractivity contribution is -0.152. The zero-order valence-corrected chi connectivity index (χ0v) is 21.5. The van der Waals surface area contributed by atoms with Gasteiger partial charge in [0.05, 0.1) is 7.11 Å². The Morgan fingerprint density at radius 1 is 1.09 bits per heavy atom. The molecule has 0 bridgehead atoms. The van der Waals surface area contributed by atoms with Gasteiger partial charge >= 0.3 is 5.97 Å². The third-order valence-corrected chi connectivity index (χ3v) is 12.6. The SMILES string of the molecule is C=C1CN2[C@H](CCO[Si](c3ccccc3)(c3ccccc3)C(C)(C)C)CC[C@@]2(C(=O)OC)C1. The Bertz CT molecular complexity index is 946. The molecule has 33 heavy (non-hydrogen) atoms. The minimum Gasteiger partial charge on any atom is -0.468 e. The minimum atomic E-state index is -2.54. The Balaban J connectivity index is 1.60. The molecule has 4 rings (SSSR count). The number of ether oxygens (including phenoxy) is 1. The van der Waals surface area contributed by atoms with Gasteiger partial charge in [0.15, 0.2) is 0 Å². The second kappa shape index (κ2) is 9.20. The van der Waals surface area contributed by atoms with Gasteiger partial charge in [-0.2, -0.15) is 0 Å². The van der Waals surface area contributed by atoms with Crippen LogP contribution in [0.2, 0.25) is 5.04 Å². The predicted octanol–water partition coefficient (Wildman–Crippen LogP) is 4.29. The number of hydrogen-bond acceptors (Lipinski definition) is 4. The molecule has 2 atom stereocenters.